The summed E-state index contributed by atoms with van der Waals surface area (Å²) in [5, 5.41) is 12.4. The summed E-state index contributed by atoms with van der Waals surface area (Å²) >= 11 is 0. The number of ether oxygens (including phenoxy) is 1. The number of carboxylic acid groups (broad SMARTS) is 1. The number of anilines is 1. The first-order chi connectivity index (χ1) is 19.5. The minimum absolute atomic E-state index is 0.207. The molecule has 1 saturated carbocycles. The molecule has 4 aromatic carbocycles. The third-order valence-corrected chi connectivity index (χ3v) is 7.39. The van der Waals surface area contributed by atoms with Crippen molar-refractivity contribution in [1.82, 2.24) is 9.55 Å². The number of amides is 1. The fraction of sp³-hybridized carbons (Fsp3) is 0.182. The zero-order valence-electron chi connectivity index (χ0n) is 21.9. The number of nitrogens with one attached hydrogen (secondary N) is 1. The van der Waals surface area contributed by atoms with Crippen LogP contribution >= 0.6 is 0 Å². The highest BCUT2D eigenvalue weighted by Crippen LogP contribution is 2.37. The Labute approximate surface area is 232 Å². The van der Waals surface area contributed by atoms with Crippen LogP contribution in [-0.2, 0) is 6.61 Å². The highest BCUT2D eigenvalue weighted by molar-refractivity contribution is 6.04. The van der Waals surface area contributed by atoms with E-state index in [1.807, 2.05) is 60.7 Å². The number of imidazole rings is 1. The number of nitrogens with zero attached hydrogens (tertiary/aromatic N) is 2. The molecule has 1 heterocycles. The molecule has 0 radical (unpaired) electrons. The lowest BCUT2D eigenvalue weighted by atomic mass is 10.1. The summed E-state index contributed by atoms with van der Waals surface area (Å²) in [4.78, 5) is 29.2. The van der Waals surface area contributed by atoms with Gasteiger partial charge in [0.25, 0.3) is 5.91 Å². The second kappa shape index (κ2) is 11.1. The second-order valence-corrected chi connectivity index (χ2v) is 10.1. The van der Waals surface area contributed by atoms with Crippen LogP contribution in [0.15, 0.2) is 97.1 Å². The molecule has 1 aromatic heterocycles. The van der Waals surface area contributed by atoms with Gasteiger partial charge >= 0.3 is 5.97 Å². The van der Waals surface area contributed by atoms with Gasteiger partial charge in [0, 0.05) is 22.9 Å². The van der Waals surface area contributed by atoms with Crippen LogP contribution < -0.4 is 10.1 Å². The molecule has 1 amide bonds. The predicted octanol–water partition coefficient (Wildman–Crippen LogP) is 7.35. The van der Waals surface area contributed by atoms with E-state index >= 15 is 0 Å². The minimum Gasteiger partial charge on any atom is -0.489 e. The van der Waals surface area contributed by atoms with Crippen LogP contribution in [0.4, 0.5) is 5.69 Å². The first-order valence-corrected chi connectivity index (χ1v) is 13.5. The average Bonchev–Trinajstić information content (AvgIpc) is 3.65. The average molecular weight is 532 g/mol. The molecule has 200 valence electrons. The topological polar surface area (TPSA) is 93.4 Å². The van der Waals surface area contributed by atoms with E-state index in [-0.39, 0.29) is 11.5 Å². The zero-order chi connectivity index (χ0) is 27.5. The molecule has 0 saturated heterocycles. The molecule has 0 unspecified atom stereocenters. The summed E-state index contributed by atoms with van der Waals surface area (Å²) in [6.45, 7) is 0.466. The van der Waals surface area contributed by atoms with Crippen molar-refractivity contribution in [3.8, 4) is 17.1 Å². The Bertz CT molecular complexity index is 1650. The highest BCUT2D eigenvalue weighted by atomic mass is 16.5. The van der Waals surface area contributed by atoms with Gasteiger partial charge in [-0.05, 0) is 85.1 Å². The number of fused-ring (bicyclic) bond motifs is 1. The van der Waals surface area contributed by atoms with E-state index in [2.05, 4.69) is 9.88 Å². The van der Waals surface area contributed by atoms with Crippen LogP contribution in [0.2, 0.25) is 0 Å². The molecule has 2 N–H and O–H groups in total. The third kappa shape index (κ3) is 5.31. The van der Waals surface area contributed by atoms with Crippen molar-refractivity contribution >= 4 is 28.6 Å². The molecule has 1 aliphatic rings. The number of carboxylic acids is 1. The van der Waals surface area contributed by atoms with Crippen molar-refractivity contribution < 1.29 is 19.4 Å². The van der Waals surface area contributed by atoms with Crippen molar-refractivity contribution in [3.63, 3.8) is 0 Å². The van der Waals surface area contributed by atoms with E-state index < -0.39 is 5.97 Å². The van der Waals surface area contributed by atoms with Crippen molar-refractivity contribution in [2.45, 2.75) is 38.3 Å². The molecule has 1 fully saturated rings. The van der Waals surface area contributed by atoms with Gasteiger partial charge in [0.2, 0.25) is 0 Å². The summed E-state index contributed by atoms with van der Waals surface area (Å²) in [6.07, 6.45) is 4.48. The molecule has 0 atom stereocenters. The maximum Gasteiger partial charge on any atom is 0.335 e. The molecule has 0 aliphatic heterocycles. The van der Waals surface area contributed by atoms with Crippen molar-refractivity contribution in [1.29, 1.82) is 0 Å². The van der Waals surface area contributed by atoms with Crippen LogP contribution in [0.3, 0.4) is 0 Å². The summed E-state index contributed by atoms with van der Waals surface area (Å²) < 4.78 is 8.07. The number of carbonyl (C=O) groups excluding carboxylic acids is 1. The van der Waals surface area contributed by atoms with E-state index in [0.717, 1.165) is 35.3 Å². The van der Waals surface area contributed by atoms with Crippen molar-refractivity contribution in [2.75, 3.05) is 5.32 Å². The van der Waals surface area contributed by atoms with E-state index in [1.165, 1.54) is 12.8 Å². The Balaban J connectivity index is 1.18. The zero-order valence-corrected chi connectivity index (χ0v) is 21.9. The molecule has 7 nitrogen and oxygen atoms in total. The molecular weight excluding hydrogens is 502 g/mol. The standard InChI is InChI=1S/C33H29N3O4/c37-32(24-12-17-28(18-13-24)40-21-22-6-2-1-3-7-22)34-26-15-10-23(11-16-26)31-35-29-20-25(33(38)39)14-19-30(29)36(31)27-8-4-5-9-27/h1-3,6-7,10-20,27H,4-5,8-9,21H2,(H,34,37)(H,38,39). The Hall–Kier alpha value is -4.91. The number of carbonyl (C=O) groups is 2. The Morgan fingerprint density at radius 3 is 2.27 bits per heavy atom. The lowest BCUT2D eigenvalue weighted by molar-refractivity contribution is 0.0696. The smallest absolute Gasteiger partial charge is 0.335 e. The quantitative estimate of drug-likeness (QED) is 0.218. The van der Waals surface area contributed by atoms with E-state index in [4.69, 9.17) is 9.72 Å². The van der Waals surface area contributed by atoms with Crippen LogP contribution in [0.25, 0.3) is 22.4 Å². The summed E-state index contributed by atoms with van der Waals surface area (Å²) in [5.41, 5.74) is 5.05. The highest BCUT2D eigenvalue weighted by Gasteiger charge is 2.24. The minimum atomic E-state index is -0.965. The number of hydrogen-bond acceptors (Lipinski definition) is 4. The SMILES string of the molecule is O=C(O)c1ccc2c(c1)nc(-c1ccc(NC(=O)c3ccc(OCc4ccccc4)cc3)cc1)n2C1CCCC1. The fourth-order valence-electron chi connectivity index (χ4n) is 5.32. The van der Waals surface area contributed by atoms with Crippen LogP contribution in [0.1, 0.15) is 58.0 Å². The second-order valence-electron chi connectivity index (χ2n) is 10.1. The molecule has 7 heteroatoms. The molecule has 6 rings (SSSR count). The number of aromatic carboxylic acids is 1. The van der Waals surface area contributed by atoms with Gasteiger partial charge < -0.3 is 19.7 Å². The van der Waals surface area contributed by atoms with Gasteiger partial charge in [-0.2, -0.15) is 0 Å². The first kappa shape index (κ1) is 25.4. The maximum atomic E-state index is 12.9. The Kier molecular flexibility index (Phi) is 7.02. The monoisotopic (exact) mass is 531 g/mol. The van der Waals surface area contributed by atoms with Crippen LogP contribution in [-0.4, -0.2) is 26.5 Å². The Morgan fingerprint density at radius 2 is 1.57 bits per heavy atom. The summed E-state index contributed by atoms with van der Waals surface area (Å²) in [6, 6.07) is 30.1. The number of rotatable bonds is 8. The molecule has 0 bridgehead atoms. The largest absolute Gasteiger partial charge is 0.489 e. The van der Waals surface area contributed by atoms with Crippen molar-refractivity contribution in [2.24, 2.45) is 0 Å². The van der Waals surface area contributed by atoms with Crippen molar-refractivity contribution in [3.05, 3.63) is 114 Å². The fourth-order valence-corrected chi connectivity index (χ4v) is 5.32. The normalized spacial score (nSPS) is 13.4. The number of benzene rings is 4. The number of hydrogen-bond donors (Lipinski definition) is 2. The van der Waals surface area contributed by atoms with Gasteiger partial charge in [-0.15, -0.1) is 0 Å². The summed E-state index contributed by atoms with van der Waals surface area (Å²) in [5.74, 6) is 0.342. The molecule has 40 heavy (non-hydrogen) atoms. The van der Waals surface area contributed by atoms with E-state index in [1.54, 1.807) is 36.4 Å². The lowest BCUT2D eigenvalue weighted by Crippen LogP contribution is -2.11. The molecule has 5 aromatic rings. The van der Waals surface area contributed by atoms with Crippen LogP contribution in [0, 0.1) is 0 Å². The molecule has 0 spiro atoms. The number of aromatic nitrogens is 2. The maximum absolute atomic E-state index is 12.9. The third-order valence-electron chi connectivity index (χ3n) is 7.39. The van der Waals surface area contributed by atoms with Gasteiger partial charge in [0.15, 0.2) is 0 Å². The van der Waals surface area contributed by atoms with Gasteiger partial charge in [-0.1, -0.05) is 43.2 Å². The van der Waals surface area contributed by atoms with Gasteiger partial charge in [0.1, 0.15) is 18.2 Å². The van der Waals surface area contributed by atoms with Gasteiger partial charge in [-0.25, -0.2) is 9.78 Å². The predicted molar refractivity (Wildman–Crippen MR) is 155 cm³/mol. The van der Waals surface area contributed by atoms with Gasteiger partial charge in [-0.3, -0.25) is 4.79 Å². The first-order valence-electron chi connectivity index (χ1n) is 13.5. The lowest BCUT2D eigenvalue weighted by Gasteiger charge is -2.17. The Morgan fingerprint density at radius 1 is 0.875 bits per heavy atom. The van der Waals surface area contributed by atoms with Crippen LogP contribution in [0.5, 0.6) is 5.75 Å². The van der Waals surface area contributed by atoms with Gasteiger partial charge in [0.05, 0.1) is 16.6 Å². The van der Waals surface area contributed by atoms with E-state index in [0.29, 0.717) is 35.2 Å². The molecular formula is C33H29N3O4. The van der Waals surface area contributed by atoms with E-state index in [9.17, 15) is 14.7 Å². The summed E-state index contributed by atoms with van der Waals surface area (Å²) in [7, 11) is 0. The molecule has 1 aliphatic carbocycles.